The van der Waals surface area contributed by atoms with Gasteiger partial charge in [0.25, 0.3) is 12.3 Å². The van der Waals surface area contributed by atoms with Crippen LogP contribution in [0.3, 0.4) is 0 Å². The van der Waals surface area contributed by atoms with Gasteiger partial charge in [-0.2, -0.15) is 0 Å². The summed E-state index contributed by atoms with van der Waals surface area (Å²) < 4.78 is 24.5. The molecule has 0 aliphatic heterocycles. The molecule has 96 valence electrons. The first-order valence-corrected chi connectivity index (χ1v) is 5.39. The zero-order valence-electron chi connectivity index (χ0n) is 9.78. The van der Waals surface area contributed by atoms with E-state index in [9.17, 15) is 13.6 Å². The molecule has 2 rings (SSSR count). The molecule has 0 bridgehead atoms. The number of hydrogen-bond acceptors (Lipinski definition) is 2. The molecule has 0 unspecified atom stereocenters. The lowest BCUT2D eigenvalue weighted by molar-refractivity contribution is 0.0622. The van der Waals surface area contributed by atoms with Gasteiger partial charge < -0.3 is 15.6 Å². The number of nitrogens with one attached hydrogen (secondary N) is 1. The van der Waals surface area contributed by atoms with Gasteiger partial charge in [0, 0.05) is 29.8 Å². The minimum Gasteiger partial charge on any atom is -0.399 e. The highest BCUT2D eigenvalue weighted by Gasteiger charge is 2.18. The molecule has 3 N–H and O–H groups in total. The van der Waals surface area contributed by atoms with Crippen molar-refractivity contribution in [1.82, 2.24) is 9.88 Å². The molecule has 1 aromatic carbocycles. The number of fused-ring (bicyclic) bond motifs is 1. The summed E-state index contributed by atoms with van der Waals surface area (Å²) in [4.78, 5) is 15.9. The van der Waals surface area contributed by atoms with Crippen LogP contribution in [-0.2, 0) is 0 Å². The predicted molar refractivity (Wildman–Crippen MR) is 65.7 cm³/mol. The Balaban J connectivity index is 2.33. The van der Waals surface area contributed by atoms with Gasteiger partial charge in [-0.25, -0.2) is 8.78 Å². The van der Waals surface area contributed by atoms with E-state index in [1.807, 2.05) is 0 Å². The van der Waals surface area contributed by atoms with E-state index in [2.05, 4.69) is 4.98 Å². The fraction of sp³-hybridized carbons (Fsp3) is 0.250. The molecule has 4 nitrogen and oxygen atoms in total. The van der Waals surface area contributed by atoms with E-state index in [1.54, 1.807) is 18.2 Å². The largest absolute Gasteiger partial charge is 0.399 e. The number of H-pyrrole nitrogens is 1. The summed E-state index contributed by atoms with van der Waals surface area (Å²) in [5, 5.41) is 0.676. The van der Waals surface area contributed by atoms with E-state index in [4.69, 9.17) is 5.73 Å². The summed E-state index contributed by atoms with van der Waals surface area (Å²) in [6.45, 7) is -0.583. The maximum atomic E-state index is 12.2. The van der Waals surface area contributed by atoms with Crippen LogP contribution >= 0.6 is 0 Å². The average Bonchev–Trinajstić information content (AvgIpc) is 2.69. The number of benzene rings is 1. The molecule has 0 aliphatic rings. The molecule has 2 aromatic rings. The molecule has 0 radical (unpaired) electrons. The highest BCUT2D eigenvalue weighted by molar-refractivity contribution is 6.07. The van der Waals surface area contributed by atoms with Gasteiger partial charge in [-0.1, -0.05) is 0 Å². The first kappa shape index (κ1) is 12.3. The molecule has 1 aromatic heterocycles. The molecular formula is C12H13F2N3O. The standard InChI is InChI=1S/C12H13F2N3O/c1-17(6-11(13)14)12(18)9-5-16-10-4-7(15)2-3-8(9)10/h2-5,11,16H,6,15H2,1H3. The van der Waals surface area contributed by atoms with E-state index >= 15 is 0 Å². The molecule has 18 heavy (non-hydrogen) atoms. The number of nitrogens with zero attached hydrogens (tertiary/aromatic N) is 1. The Morgan fingerprint density at radius 2 is 2.22 bits per heavy atom. The van der Waals surface area contributed by atoms with Crippen LogP contribution in [0.5, 0.6) is 0 Å². The Labute approximate surface area is 102 Å². The number of anilines is 1. The molecular weight excluding hydrogens is 240 g/mol. The number of alkyl halides is 2. The van der Waals surface area contributed by atoms with Crippen molar-refractivity contribution in [1.29, 1.82) is 0 Å². The van der Waals surface area contributed by atoms with Gasteiger partial charge in [-0.3, -0.25) is 4.79 Å². The van der Waals surface area contributed by atoms with Crippen LogP contribution in [0.2, 0.25) is 0 Å². The zero-order chi connectivity index (χ0) is 13.3. The molecule has 0 spiro atoms. The molecule has 1 amide bonds. The summed E-state index contributed by atoms with van der Waals surface area (Å²) in [6.07, 6.45) is -1.03. The fourth-order valence-electron chi connectivity index (χ4n) is 1.82. The van der Waals surface area contributed by atoms with Crippen LogP contribution in [0.4, 0.5) is 14.5 Å². The average molecular weight is 253 g/mol. The fourth-order valence-corrected chi connectivity index (χ4v) is 1.82. The molecule has 0 atom stereocenters. The van der Waals surface area contributed by atoms with Crippen molar-refractivity contribution in [3.63, 3.8) is 0 Å². The number of carbonyl (C=O) groups is 1. The molecule has 6 heteroatoms. The summed E-state index contributed by atoms with van der Waals surface area (Å²) in [7, 11) is 1.35. The lowest BCUT2D eigenvalue weighted by atomic mass is 10.1. The Morgan fingerprint density at radius 3 is 2.89 bits per heavy atom. The number of halogens is 2. The second kappa shape index (κ2) is 4.64. The predicted octanol–water partition coefficient (Wildman–Crippen LogP) is 2.09. The minimum absolute atomic E-state index is 0.369. The van der Waals surface area contributed by atoms with Crippen LogP contribution in [-0.4, -0.2) is 35.8 Å². The monoisotopic (exact) mass is 253 g/mol. The highest BCUT2D eigenvalue weighted by atomic mass is 19.3. The van der Waals surface area contributed by atoms with E-state index in [-0.39, 0.29) is 0 Å². The van der Waals surface area contributed by atoms with E-state index < -0.39 is 18.9 Å². The quantitative estimate of drug-likeness (QED) is 0.823. The number of nitrogen functional groups attached to an aromatic ring is 1. The van der Waals surface area contributed by atoms with Crippen LogP contribution in [0, 0.1) is 0 Å². The number of aromatic amines is 1. The van der Waals surface area contributed by atoms with Crippen molar-refractivity contribution in [3.8, 4) is 0 Å². The third-order valence-corrected chi connectivity index (χ3v) is 2.69. The van der Waals surface area contributed by atoms with Gasteiger partial charge >= 0.3 is 0 Å². The smallest absolute Gasteiger partial charge is 0.255 e. The first-order chi connectivity index (χ1) is 8.49. The van der Waals surface area contributed by atoms with E-state index in [0.29, 0.717) is 22.2 Å². The number of rotatable bonds is 3. The third-order valence-electron chi connectivity index (χ3n) is 2.69. The van der Waals surface area contributed by atoms with Crippen molar-refractivity contribution < 1.29 is 13.6 Å². The number of nitrogens with two attached hydrogens (primary N) is 1. The van der Waals surface area contributed by atoms with Crippen LogP contribution in [0.25, 0.3) is 10.9 Å². The van der Waals surface area contributed by atoms with Crippen molar-refractivity contribution in [2.75, 3.05) is 19.3 Å². The van der Waals surface area contributed by atoms with Crippen molar-refractivity contribution >= 4 is 22.5 Å². The summed E-state index contributed by atoms with van der Waals surface area (Å²) in [5.41, 5.74) is 7.27. The second-order valence-corrected chi connectivity index (χ2v) is 4.08. The Kier molecular flexibility index (Phi) is 3.18. The molecule has 0 saturated heterocycles. The van der Waals surface area contributed by atoms with Crippen molar-refractivity contribution in [2.24, 2.45) is 0 Å². The Morgan fingerprint density at radius 1 is 1.50 bits per heavy atom. The van der Waals surface area contributed by atoms with Gasteiger partial charge in [-0.15, -0.1) is 0 Å². The minimum atomic E-state index is -2.54. The van der Waals surface area contributed by atoms with Gasteiger partial charge in [0.05, 0.1) is 12.1 Å². The van der Waals surface area contributed by atoms with Crippen LogP contribution < -0.4 is 5.73 Å². The summed E-state index contributed by atoms with van der Waals surface area (Å²) in [5.74, 6) is -0.439. The number of aromatic nitrogens is 1. The second-order valence-electron chi connectivity index (χ2n) is 4.08. The lowest BCUT2D eigenvalue weighted by Crippen LogP contribution is -2.31. The van der Waals surface area contributed by atoms with Gasteiger partial charge in [0.1, 0.15) is 0 Å². The van der Waals surface area contributed by atoms with Crippen molar-refractivity contribution in [3.05, 3.63) is 30.0 Å². The number of hydrogen-bond donors (Lipinski definition) is 2. The normalized spacial score (nSPS) is 11.1. The Bertz CT molecular complexity index is 580. The number of carbonyl (C=O) groups excluding carboxylic acids is 1. The van der Waals surface area contributed by atoms with Crippen LogP contribution in [0.1, 0.15) is 10.4 Å². The molecule has 0 aliphatic carbocycles. The molecule has 1 heterocycles. The highest BCUT2D eigenvalue weighted by Crippen LogP contribution is 2.21. The van der Waals surface area contributed by atoms with Gasteiger partial charge in [0.2, 0.25) is 0 Å². The topological polar surface area (TPSA) is 62.1 Å². The zero-order valence-corrected chi connectivity index (χ0v) is 9.78. The summed E-state index contributed by atoms with van der Waals surface area (Å²) >= 11 is 0. The van der Waals surface area contributed by atoms with Gasteiger partial charge in [0.15, 0.2) is 0 Å². The number of amides is 1. The van der Waals surface area contributed by atoms with E-state index in [0.717, 1.165) is 4.90 Å². The van der Waals surface area contributed by atoms with Crippen molar-refractivity contribution in [2.45, 2.75) is 6.43 Å². The lowest BCUT2D eigenvalue weighted by Gasteiger charge is -2.15. The van der Waals surface area contributed by atoms with Gasteiger partial charge in [-0.05, 0) is 18.2 Å². The van der Waals surface area contributed by atoms with E-state index in [1.165, 1.54) is 13.2 Å². The van der Waals surface area contributed by atoms with Crippen LogP contribution in [0.15, 0.2) is 24.4 Å². The SMILES string of the molecule is CN(CC(F)F)C(=O)c1c[nH]c2cc(N)ccc12. The molecule has 0 fully saturated rings. The molecule has 0 saturated carbocycles. The maximum absolute atomic E-state index is 12.2. The first-order valence-electron chi connectivity index (χ1n) is 5.39. The Hall–Kier alpha value is -2.11. The third kappa shape index (κ3) is 2.27. The maximum Gasteiger partial charge on any atom is 0.255 e. The summed E-state index contributed by atoms with van der Waals surface area (Å²) in [6, 6.07) is 5.06.